The third-order valence-corrected chi connectivity index (χ3v) is 5.29. The van der Waals surface area contributed by atoms with Gasteiger partial charge in [-0.15, -0.1) is 0 Å². The smallest absolute Gasteiger partial charge is 0.320 e. The van der Waals surface area contributed by atoms with E-state index in [1.54, 1.807) is 0 Å². The Morgan fingerprint density at radius 2 is 2.00 bits per heavy atom. The molecule has 7 nitrogen and oxygen atoms in total. The number of nitrogens with one attached hydrogen (secondary N) is 1. The molecule has 3 heterocycles. The van der Waals surface area contributed by atoms with Crippen LogP contribution in [0.2, 0.25) is 0 Å². The van der Waals surface area contributed by atoms with E-state index in [1.807, 2.05) is 40.1 Å². The van der Waals surface area contributed by atoms with Gasteiger partial charge in [-0.05, 0) is 12.0 Å². The van der Waals surface area contributed by atoms with Crippen LogP contribution in [0.25, 0.3) is 0 Å². The van der Waals surface area contributed by atoms with Gasteiger partial charge < -0.3 is 24.6 Å². The number of ether oxygens (including phenoxy) is 2. The molecule has 1 N–H and O–H groups in total. The summed E-state index contributed by atoms with van der Waals surface area (Å²) in [6.07, 6.45) is 0.806. The fourth-order valence-electron chi connectivity index (χ4n) is 3.82. The topological polar surface area (TPSA) is 71.1 Å². The fourth-order valence-corrected chi connectivity index (χ4v) is 3.82. The van der Waals surface area contributed by atoms with Crippen molar-refractivity contribution in [1.29, 1.82) is 0 Å². The van der Waals surface area contributed by atoms with Crippen LogP contribution in [0, 0.1) is 5.92 Å². The molecule has 0 saturated carbocycles. The first-order valence-corrected chi connectivity index (χ1v) is 9.25. The molecule has 1 aromatic rings. The normalized spacial score (nSPS) is 26.1. The molecule has 3 aliphatic heterocycles. The van der Waals surface area contributed by atoms with E-state index in [0.29, 0.717) is 32.2 Å². The van der Waals surface area contributed by atoms with Crippen LogP contribution in [-0.4, -0.2) is 73.3 Å². The molecule has 0 unspecified atom stereocenters. The van der Waals surface area contributed by atoms with Gasteiger partial charge >= 0.3 is 6.03 Å². The summed E-state index contributed by atoms with van der Waals surface area (Å²) in [4.78, 5) is 27.8. The SMILES string of the molecule is O=C1CO[C@H]2CCN(C(=O)N3CC(COCc4ccccc4)C3)C[C@H]2N1. The molecule has 2 atom stereocenters. The predicted octanol–water partition coefficient (Wildman–Crippen LogP) is 0.844. The number of hydrogen-bond donors (Lipinski definition) is 1. The van der Waals surface area contributed by atoms with Crippen molar-refractivity contribution < 1.29 is 19.1 Å². The molecule has 26 heavy (non-hydrogen) atoms. The van der Waals surface area contributed by atoms with E-state index in [-0.39, 0.29) is 30.7 Å². The van der Waals surface area contributed by atoms with E-state index in [9.17, 15) is 9.59 Å². The van der Waals surface area contributed by atoms with E-state index < -0.39 is 0 Å². The molecular formula is C19H25N3O4. The summed E-state index contributed by atoms with van der Waals surface area (Å²) < 4.78 is 11.3. The van der Waals surface area contributed by atoms with Gasteiger partial charge in [-0.1, -0.05) is 30.3 Å². The molecule has 7 heteroatoms. The quantitative estimate of drug-likeness (QED) is 0.865. The zero-order valence-corrected chi connectivity index (χ0v) is 14.8. The molecule has 3 saturated heterocycles. The van der Waals surface area contributed by atoms with Crippen molar-refractivity contribution in [1.82, 2.24) is 15.1 Å². The van der Waals surface area contributed by atoms with Crippen molar-refractivity contribution in [2.75, 3.05) is 39.4 Å². The highest BCUT2D eigenvalue weighted by molar-refractivity contribution is 5.79. The molecule has 1 aromatic carbocycles. The summed E-state index contributed by atoms with van der Waals surface area (Å²) >= 11 is 0. The molecule has 4 rings (SSSR count). The van der Waals surface area contributed by atoms with Crippen LogP contribution in [0.3, 0.4) is 0 Å². The maximum atomic E-state index is 12.6. The lowest BCUT2D eigenvalue weighted by atomic mass is 9.99. The van der Waals surface area contributed by atoms with Crippen LogP contribution in [0.1, 0.15) is 12.0 Å². The first-order chi connectivity index (χ1) is 12.7. The number of benzene rings is 1. The third kappa shape index (κ3) is 3.83. The van der Waals surface area contributed by atoms with Gasteiger partial charge in [0, 0.05) is 32.1 Å². The van der Waals surface area contributed by atoms with E-state index in [1.165, 1.54) is 5.56 Å². The zero-order valence-electron chi connectivity index (χ0n) is 14.8. The van der Waals surface area contributed by atoms with E-state index in [0.717, 1.165) is 19.5 Å². The Morgan fingerprint density at radius 1 is 1.19 bits per heavy atom. The van der Waals surface area contributed by atoms with Crippen molar-refractivity contribution in [3.63, 3.8) is 0 Å². The minimum atomic E-state index is -0.0971. The van der Waals surface area contributed by atoms with E-state index in [4.69, 9.17) is 9.47 Å². The number of hydrogen-bond acceptors (Lipinski definition) is 4. The van der Waals surface area contributed by atoms with Crippen LogP contribution in [0.5, 0.6) is 0 Å². The van der Waals surface area contributed by atoms with Crippen LogP contribution in [-0.2, 0) is 20.9 Å². The summed E-state index contributed by atoms with van der Waals surface area (Å²) in [6.45, 7) is 4.10. The minimum Gasteiger partial charge on any atom is -0.376 e. The molecular weight excluding hydrogens is 334 g/mol. The third-order valence-electron chi connectivity index (χ3n) is 5.29. The fraction of sp³-hybridized carbons (Fsp3) is 0.579. The van der Waals surface area contributed by atoms with Crippen LogP contribution in [0.4, 0.5) is 4.79 Å². The Labute approximate surface area is 153 Å². The standard InChI is InChI=1S/C19H25N3O4/c23-18-13-26-17-6-7-21(10-16(17)20-18)19(24)22-8-15(9-22)12-25-11-14-4-2-1-3-5-14/h1-5,15-17H,6-13H2,(H,20,23)/t16-,17+/m1/s1. The van der Waals surface area contributed by atoms with Gasteiger partial charge in [0.1, 0.15) is 6.61 Å². The largest absolute Gasteiger partial charge is 0.376 e. The number of fused-ring (bicyclic) bond motifs is 1. The summed E-state index contributed by atoms with van der Waals surface area (Å²) in [6, 6.07) is 10.1. The molecule has 3 aliphatic rings. The number of likely N-dealkylation sites (tertiary alicyclic amines) is 2. The highest BCUT2D eigenvalue weighted by Crippen LogP contribution is 2.22. The van der Waals surface area contributed by atoms with Crippen molar-refractivity contribution in [2.24, 2.45) is 5.92 Å². The van der Waals surface area contributed by atoms with E-state index >= 15 is 0 Å². The number of carbonyl (C=O) groups excluding carboxylic acids is 2. The number of amides is 3. The molecule has 0 aliphatic carbocycles. The Hall–Kier alpha value is -2.12. The Bertz CT molecular complexity index is 647. The molecule has 0 aromatic heterocycles. The highest BCUT2D eigenvalue weighted by Gasteiger charge is 2.39. The second kappa shape index (κ2) is 7.63. The lowest BCUT2D eigenvalue weighted by Gasteiger charge is -2.46. The second-order valence-corrected chi connectivity index (χ2v) is 7.31. The molecule has 0 spiro atoms. The lowest BCUT2D eigenvalue weighted by molar-refractivity contribution is -0.139. The van der Waals surface area contributed by atoms with Gasteiger partial charge in [-0.25, -0.2) is 4.79 Å². The molecule has 3 fully saturated rings. The number of carbonyl (C=O) groups is 2. The Kier molecular flexibility index (Phi) is 5.08. The predicted molar refractivity (Wildman–Crippen MR) is 94.4 cm³/mol. The molecule has 0 bridgehead atoms. The van der Waals surface area contributed by atoms with Crippen molar-refractivity contribution >= 4 is 11.9 Å². The average molecular weight is 359 g/mol. The summed E-state index contributed by atoms with van der Waals surface area (Å²) in [5.74, 6) is 0.304. The van der Waals surface area contributed by atoms with Crippen LogP contribution < -0.4 is 5.32 Å². The first-order valence-electron chi connectivity index (χ1n) is 9.25. The Morgan fingerprint density at radius 3 is 2.81 bits per heavy atom. The monoisotopic (exact) mass is 359 g/mol. The average Bonchev–Trinajstić information content (AvgIpc) is 2.63. The van der Waals surface area contributed by atoms with Gasteiger partial charge in [0.2, 0.25) is 5.91 Å². The van der Waals surface area contributed by atoms with Crippen LogP contribution in [0.15, 0.2) is 30.3 Å². The van der Waals surface area contributed by atoms with E-state index in [2.05, 4.69) is 5.32 Å². The summed E-state index contributed by atoms with van der Waals surface area (Å²) in [5.41, 5.74) is 1.17. The van der Waals surface area contributed by atoms with Gasteiger partial charge in [0.05, 0.1) is 25.4 Å². The lowest BCUT2D eigenvalue weighted by Crippen LogP contribution is -2.64. The Balaban J connectivity index is 1.18. The van der Waals surface area contributed by atoms with Crippen LogP contribution >= 0.6 is 0 Å². The number of morpholine rings is 1. The van der Waals surface area contributed by atoms with Crippen molar-refractivity contribution in [3.8, 4) is 0 Å². The van der Waals surface area contributed by atoms with Gasteiger partial charge in [-0.2, -0.15) is 0 Å². The first kappa shape index (κ1) is 17.3. The number of rotatable bonds is 4. The summed E-state index contributed by atoms with van der Waals surface area (Å²) in [7, 11) is 0. The maximum absolute atomic E-state index is 12.6. The van der Waals surface area contributed by atoms with Crippen molar-refractivity contribution in [2.45, 2.75) is 25.2 Å². The highest BCUT2D eigenvalue weighted by atomic mass is 16.5. The van der Waals surface area contributed by atoms with Crippen molar-refractivity contribution in [3.05, 3.63) is 35.9 Å². The zero-order chi connectivity index (χ0) is 17.9. The molecule has 3 amide bonds. The molecule has 140 valence electrons. The minimum absolute atomic E-state index is 0.0345. The summed E-state index contributed by atoms with van der Waals surface area (Å²) in [5, 5.41) is 2.93. The number of piperidine rings is 1. The number of urea groups is 1. The maximum Gasteiger partial charge on any atom is 0.320 e. The van der Waals surface area contributed by atoms with Gasteiger partial charge in [0.25, 0.3) is 0 Å². The number of nitrogens with zero attached hydrogens (tertiary/aromatic N) is 2. The molecule has 0 radical (unpaired) electrons. The van der Waals surface area contributed by atoms with Gasteiger partial charge in [-0.3, -0.25) is 4.79 Å². The second-order valence-electron chi connectivity index (χ2n) is 7.31. The van der Waals surface area contributed by atoms with Gasteiger partial charge in [0.15, 0.2) is 0 Å².